The van der Waals surface area contributed by atoms with Gasteiger partial charge in [-0.15, -0.1) is 0 Å². The van der Waals surface area contributed by atoms with Gasteiger partial charge in [-0.1, -0.05) is 6.58 Å². The lowest BCUT2D eigenvalue weighted by Crippen LogP contribution is -2.01. The first-order valence-corrected chi connectivity index (χ1v) is 4.12. The summed E-state index contributed by atoms with van der Waals surface area (Å²) in [4.78, 5) is 4.10. The summed E-state index contributed by atoms with van der Waals surface area (Å²) < 4.78 is 2.05. The number of hydrogen-bond acceptors (Lipinski definition) is 2. The van der Waals surface area contributed by atoms with Crippen LogP contribution in [-0.2, 0) is 6.54 Å². The highest BCUT2D eigenvalue weighted by Crippen LogP contribution is 2.01. The third kappa shape index (κ3) is 2.12. The van der Waals surface area contributed by atoms with E-state index in [4.69, 9.17) is 0 Å². The van der Waals surface area contributed by atoms with Gasteiger partial charge in [-0.3, -0.25) is 0 Å². The Morgan fingerprint density at radius 3 is 3.00 bits per heavy atom. The van der Waals surface area contributed by atoms with Crippen LogP contribution in [0.4, 0.5) is 0 Å². The molecule has 1 aromatic heterocycles. The summed E-state index contributed by atoms with van der Waals surface area (Å²) >= 11 is 4.13. The Hall–Kier alpha value is -0.700. The van der Waals surface area contributed by atoms with Crippen LogP contribution in [0.5, 0.6) is 0 Å². The van der Waals surface area contributed by atoms with E-state index in [1.54, 1.807) is 6.20 Å². The van der Waals surface area contributed by atoms with E-state index in [2.05, 4.69) is 28.8 Å². The van der Waals surface area contributed by atoms with Gasteiger partial charge < -0.3 is 4.57 Å². The molecular formula is C8H12N2S. The van der Waals surface area contributed by atoms with Crippen LogP contribution >= 0.6 is 12.6 Å². The lowest BCUT2D eigenvalue weighted by molar-refractivity contribution is 0.753. The Morgan fingerprint density at radius 2 is 2.55 bits per heavy atom. The number of nitrogens with zero attached hydrogens (tertiary/aromatic N) is 2. The number of hydrogen-bond donors (Lipinski definition) is 1. The number of rotatable bonds is 3. The second-order valence-electron chi connectivity index (χ2n) is 2.51. The molecule has 1 rings (SSSR count). The average molecular weight is 168 g/mol. The fourth-order valence-corrected chi connectivity index (χ4v) is 0.962. The molecule has 0 aliphatic carbocycles. The van der Waals surface area contributed by atoms with Crippen molar-refractivity contribution in [3.05, 3.63) is 30.4 Å². The Labute approximate surface area is 72.4 Å². The van der Waals surface area contributed by atoms with Crippen LogP contribution in [0.15, 0.2) is 24.5 Å². The second kappa shape index (κ2) is 3.62. The molecule has 0 aliphatic rings. The summed E-state index contributed by atoms with van der Waals surface area (Å²) in [5.41, 5.74) is 1.11. The molecule has 1 aromatic rings. The predicted molar refractivity (Wildman–Crippen MR) is 50.0 cm³/mol. The molecule has 0 amide bonds. The molecule has 2 nitrogen and oxygen atoms in total. The maximum atomic E-state index is 4.13. The normalized spacial score (nSPS) is 10.0. The molecule has 0 N–H and O–H groups in total. The van der Waals surface area contributed by atoms with E-state index in [0.717, 1.165) is 23.7 Å². The van der Waals surface area contributed by atoms with Crippen molar-refractivity contribution in [2.45, 2.75) is 13.5 Å². The maximum Gasteiger partial charge on any atom is 0.105 e. The molecule has 0 atom stereocenters. The van der Waals surface area contributed by atoms with Crippen molar-refractivity contribution in [1.82, 2.24) is 9.55 Å². The molecule has 0 bridgehead atoms. The first kappa shape index (κ1) is 8.40. The van der Waals surface area contributed by atoms with E-state index in [-0.39, 0.29) is 0 Å². The van der Waals surface area contributed by atoms with Crippen LogP contribution in [-0.4, -0.2) is 15.3 Å². The smallest absolute Gasteiger partial charge is 0.105 e. The summed E-state index contributed by atoms with van der Waals surface area (Å²) in [7, 11) is 0. The maximum absolute atomic E-state index is 4.13. The number of aryl methyl sites for hydroxylation is 1. The van der Waals surface area contributed by atoms with Crippen molar-refractivity contribution >= 4 is 12.6 Å². The number of aromatic nitrogens is 2. The SMILES string of the molecule is C=C(CS)Cn1ccnc1C. The summed E-state index contributed by atoms with van der Waals surface area (Å²) in [5, 5.41) is 0. The van der Waals surface area contributed by atoms with Crippen molar-refractivity contribution < 1.29 is 0 Å². The highest BCUT2D eigenvalue weighted by atomic mass is 32.1. The molecule has 60 valence electrons. The van der Waals surface area contributed by atoms with E-state index >= 15 is 0 Å². The third-order valence-electron chi connectivity index (χ3n) is 1.54. The molecule has 3 heteroatoms. The van der Waals surface area contributed by atoms with Crippen LogP contribution in [0, 0.1) is 6.92 Å². The van der Waals surface area contributed by atoms with Gasteiger partial charge in [0.25, 0.3) is 0 Å². The summed E-state index contributed by atoms with van der Waals surface area (Å²) in [6.07, 6.45) is 3.74. The molecule has 0 aliphatic heterocycles. The fraction of sp³-hybridized carbons (Fsp3) is 0.375. The zero-order valence-electron chi connectivity index (χ0n) is 6.62. The average Bonchev–Trinajstić information content (AvgIpc) is 2.37. The van der Waals surface area contributed by atoms with Gasteiger partial charge in [-0.25, -0.2) is 4.98 Å². The zero-order valence-corrected chi connectivity index (χ0v) is 7.51. The molecule has 0 unspecified atom stereocenters. The van der Waals surface area contributed by atoms with Gasteiger partial charge in [0.05, 0.1) is 0 Å². The van der Waals surface area contributed by atoms with Crippen molar-refractivity contribution in [1.29, 1.82) is 0 Å². The van der Waals surface area contributed by atoms with Crippen LogP contribution < -0.4 is 0 Å². The highest BCUT2D eigenvalue weighted by molar-refractivity contribution is 7.80. The van der Waals surface area contributed by atoms with E-state index in [0.29, 0.717) is 0 Å². The lowest BCUT2D eigenvalue weighted by atomic mass is 10.3. The van der Waals surface area contributed by atoms with Crippen LogP contribution in [0.1, 0.15) is 5.82 Å². The Kier molecular flexibility index (Phi) is 2.76. The minimum atomic E-state index is 0.734. The zero-order chi connectivity index (χ0) is 8.27. The topological polar surface area (TPSA) is 17.8 Å². The number of thiol groups is 1. The first-order valence-electron chi connectivity index (χ1n) is 3.49. The van der Waals surface area contributed by atoms with Gasteiger partial charge in [-0.2, -0.15) is 12.6 Å². The second-order valence-corrected chi connectivity index (χ2v) is 2.83. The van der Waals surface area contributed by atoms with Crippen LogP contribution in [0.2, 0.25) is 0 Å². The summed E-state index contributed by atoms with van der Waals surface area (Å²) in [5.74, 6) is 1.75. The molecular weight excluding hydrogens is 156 g/mol. The van der Waals surface area contributed by atoms with Gasteiger partial charge in [0.2, 0.25) is 0 Å². The van der Waals surface area contributed by atoms with Crippen molar-refractivity contribution in [2.75, 3.05) is 5.75 Å². The molecule has 0 saturated heterocycles. The van der Waals surface area contributed by atoms with Gasteiger partial charge in [0.15, 0.2) is 0 Å². The van der Waals surface area contributed by atoms with Crippen LogP contribution in [0.25, 0.3) is 0 Å². The highest BCUT2D eigenvalue weighted by Gasteiger charge is 1.96. The molecule has 1 heterocycles. The van der Waals surface area contributed by atoms with Crippen molar-refractivity contribution in [3.63, 3.8) is 0 Å². The molecule has 0 fully saturated rings. The Morgan fingerprint density at radius 1 is 1.82 bits per heavy atom. The monoisotopic (exact) mass is 168 g/mol. The predicted octanol–water partition coefficient (Wildman–Crippen LogP) is 1.68. The van der Waals surface area contributed by atoms with Crippen molar-refractivity contribution in [2.24, 2.45) is 0 Å². The van der Waals surface area contributed by atoms with Gasteiger partial charge >= 0.3 is 0 Å². The van der Waals surface area contributed by atoms with E-state index in [9.17, 15) is 0 Å². The third-order valence-corrected chi connectivity index (χ3v) is 1.99. The minimum Gasteiger partial charge on any atom is -0.331 e. The van der Waals surface area contributed by atoms with Gasteiger partial charge in [0, 0.05) is 24.7 Å². The van der Waals surface area contributed by atoms with E-state index in [1.807, 2.05) is 13.1 Å². The Balaban J connectivity index is 2.64. The fourth-order valence-electron chi connectivity index (χ4n) is 0.862. The minimum absolute atomic E-state index is 0.734. The quantitative estimate of drug-likeness (QED) is 0.537. The largest absolute Gasteiger partial charge is 0.331 e. The molecule has 0 spiro atoms. The van der Waals surface area contributed by atoms with Gasteiger partial charge in [-0.05, 0) is 12.5 Å². The first-order chi connectivity index (χ1) is 5.24. The standard InChI is InChI=1S/C8H12N2S/c1-7(6-11)5-10-4-3-9-8(10)2/h3-4,11H,1,5-6H2,2H3. The molecule has 0 saturated carbocycles. The van der Waals surface area contributed by atoms with Gasteiger partial charge in [0.1, 0.15) is 5.82 Å². The molecule has 0 aromatic carbocycles. The van der Waals surface area contributed by atoms with E-state index < -0.39 is 0 Å². The van der Waals surface area contributed by atoms with Crippen LogP contribution in [0.3, 0.4) is 0 Å². The molecule has 11 heavy (non-hydrogen) atoms. The Bertz CT molecular complexity index is 252. The summed E-state index contributed by atoms with van der Waals surface area (Å²) in [6.45, 7) is 6.67. The summed E-state index contributed by atoms with van der Waals surface area (Å²) in [6, 6.07) is 0. The van der Waals surface area contributed by atoms with Crippen molar-refractivity contribution in [3.8, 4) is 0 Å². The number of imidazole rings is 1. The lowest BCUT2D eigenvalue weighted by Gasteiger charge is -2.04. The van der Waals surface area contributed by atoms with E-state index in [1.165, 1.54) is 0 Å². The molecule has 0 radical (unpaired) electrons.